The molecule has 0 atom stereocenters. The molecule has 1 amide bonds. The van der Waals surface area contributed by atoms with Crippen LogP contribution in [0.2, 0.25) is 0 Å². The van der Waals surface area contributed by atoms with Gasteiger partial charge >= 0.3 is 0 Å². The molecule has 0 spiro atoms. The van der Waals surface area contributed by atoms with E-state index in [1.807, 2.05) is 26.8 Å². The third-order valence-electron chi connectivity index (χ3n) is 5.35. The van der Waals surface area contributed by atoms with Crippen LogP contribution in [0.25, 0.3) is 0 Å². The molecule has 192 valence electrons. The van der Waals surface area contributed by atoms with Gasteiger partial charge in [0, 0.05) is 6.54 Å². The first-order valence-corrected chi connectivity index (χ1v) is 13.1. The zero-order chi connectivity index (χ0) is 26.1. The minimum atomic E-state index is -4.02. The summed E-state index contributed by atoms with van der Waals surface area (Å²) in [7, 11) is -2.51. The number of hydrogen-bond acceptors (Lipinski definition) is 6. The normalized spacial score (nSPS) is 11.0. The molecule has 0 saturated heterocycles. The fourth-order valence-corrected chi connectivity index (χ4v) is 4.91. The van der Waals surface area contributed by atoms with Crippen molar-refractivity contribution in [3.05, 3.63) is 77.9 Å². The number of sulfonamides is 1. The number of carbonyl (C=O) groups excluding carboxylic acids is 1. The maximum Gasteiger partial charge on any atom is 0.264 e. The Hall–Kier alpha value is -3.72. The summed E-state index contributed by atoms with van der Waals surface area (Å²) in [5.74, 6) is 1.31. The van der Waals surface area contributed by atoms with Gasteiger partial charge < -0.3 is 19.5 Å². The molecule has 3 aromatic rings. The van der Waals surface area contributed by atoms with Gasteiger partial charge in [-0.15, -0.1) is 0 Å². The van der Waals surface area contributed by atoms with E-state index in [1.54, 1.807) is 48.5 Å². The molecule has 0 fully saturated rings. The highest BCUT2D eigenvalue weighted by molar-refractivity contribution is 7.92. The van der Waals surface area contributed by atoms with Crippen LogP contribution in [0.1, 0.15) is 25.0 Å². The first kappa shape index (κ1) is 26.9. The lowest BCUT2D eigenvalue weighted by molar-refractivity contribution is -0.119. The van der Waals surface area contributed by atoms with Crippen molar-refractivity contribution >= 4 is 21.6 Å². The molecule has 1 N–H and O–H groups in total. The molecule has 3 aromatic carbocycles. The van der Waals surface area contributed by atoms with Crippen LogP contribution in [0.5, 0.6) is 17.2 Å². The smallest absolute Gasteiger partial charge is 0.264 e. The second-order valence-corrected chi connectivity index (χ2v) is 9.81. The van der Waals surface area contributed by atoms with Crippen LogP contribution in [0.4, 0.5) is 5.69 Å². The molecular formula is C27H32N2O6S. The number of ether oxygens (including phenoxy) is 3. The van der Waals surface area contributed by atoms with Crippen LogP contribution in [0.3, 0.4) is 0 Å². The number of carbonyl (C=O) groups is 1. The van der Waals surface area contributed by atoms with Crippen molar-refractivity contribution in [2.24, 2.45) is 0 Å². The van der Waals surface area contributed by atoms with Gasteiger partial charge in [0.15, 0.2) is 11.5 Å². The number of hydrogen-bond donors (Lipinski definition) is 1. The molecule has 0 heterocycles. The van der Waals surface area contributed by atoms with Gasteiger partial charge in [-0.2, -0.15) is 0 Å². The number of benzene rings is 3. The lowest BCUT2D eigenvalue weighted by Crippen LogP contribution is -2.40. The van der Waals surface area contributed by atoms with Crippen molar-refractivity contribution in [2.75, 3.05) is 31.2 Å². The Bertz CT molecular complexity index is 1260. The van der Waals surface area contributed by atoms with Crippen molar-refractivity contribution in [1.82, 2.24) is 5.32 Å². The number of amides is 1. The van der Waals surface area contributed by atoms with Gasteiger partial charge in [-0.3, -0.25) is 9.10 Å². The summed E-state index contributed by atoms with van der Waals surface area (Å²) < 4.78 is 44.5. The van der Waals surface area contributed by atoms with E-state index in [-0.39, 0.29) is 18.0 Å². The fraction of sp³-hybridized carbons (Fsp3) is 0.296. The summed E-state index contributed by atoms with van der Waals surface area (Å²) in [4.78, 5) is 13.0. The molecule has 0 unspecified atom stereocenters. The summed E-state index contributed by atoms with van der Waals surface area (Å²) in [6, 6.07) is 18.5. The summed E-state index contributed by atoms with van der Waals surface area (Å²) in [6.07, 6.45) is 0. The summed E-state index contributed by atoms with van der Waals surface area (Å²) in [5, 5.41) is 2.81. The molecular weight excluding hydrogens is 480 g/mol. The van der Waals surface area contributed by atoms with Crippen molar-refractivity contribution in [3.63, 3.8) is 0 Å². The van der Waals surface area contributed by atoms with E-state index in [0.29, 0.717) is 36.1 Å². The molecule has 0 radical (unpaired) electrons. The molecule has 8 nitrogen and oxygen atoms in total. The maximum atomic E-state index is 13.5. The second-order valence-electron chi connectivity index (χ2n) is 7.95. The molecule has 0 aromatic heterocycles. The number of anilines is 1. The topological polar surface area (TPSA) is 94.2 Å². The number of methoxy groups -OCH3 is 1. The van der Waals surface area contributed by atoms with E-state index in [1.165, 1.54) is 19.2 Å². The average Bonchev–Trinajstić information content (AvgIpc) is 2.88. The van der Waals surface area contributed by atoms with Crippen molar-refractivity contribution < 1.29 is 27.4 Å². The Morgan fingerprint density at radius 2 is 1.53 bits per heavy atom. The number of aryl methyl sites for hydroxylation is 1. The van der Waals surface area contributed by atoms with E-state index >= 15 is 0 Å². The summed E-state index contributed by atoms with van der Waals surface area (Å²) in [5.41, 5.74) is 2.17. The fourth-order valence-electron chi connectivity index (χ4n) is 3.49. The molecule has 0 bridgehead atoms. The molecule has 0 aliphatic heterocycles. The summed E-state index contributed by atoms with van der Waals surface area (Å²) >= 11 is 0. The van der Waals surface area contributed by atoms with Crippen molar-refractivity contribution in [2.45, 2.75) is 32.2 Å². The van der Waals surface area contributed by atoms with E-state index < -0.39 is 15.9 Å². The summed E-state index contributed by atoms with van der Waals surface area (Å²) in [6.45, 7) is 6.49. The molecule has 0 saturated carbocycles. The number of nitrogens with zero attached hydrogens (tertiary/aromatic N) is 1. The number of rotatable bonds is 12. The zero-order valence-electron chi connectivity index (χ0n) is 21.0. The van der Waals surface area contributed by atoms with Gasteiger partial charge in [-0.25, -0.2) is 8.42 Å². The Labute approximate surface area is 212 Å². The minimum absolute atomic E-state index is 0.0598. The van der Waals surface area contributed by atoms with Gasteiger partial charge in [0.2, 0.25) is 5.91 Å². The average molecular weight is 513 g/mol. The van der Waals surface area contributed by atoms with Crippen LogP contribution in [-0.2, 0) is 21.4 Å². The van der Waals surface area contributed by atoms with Gasteiger partial charge in [-0.1, -0.05) is 23.8 Å². The standard InChI is InChI=1S/C27H32N2O6S/c1-5-34-25-16-9-21(17-26(25)35-6-2)18-28-27(30)19-29(22-10-7-20(3)8-11-22)36(31,32)24-14-12-23(33-4)13-15-24/h7-17H,5-6,18-19H2,1-4H3,(H,28,30). The van der Waals surface area contributed by atoms with E-state index in [2.05, 4.69) is 5.32 Å². The lowest BCUT2D eigenvalue weighted by Gasteiger charge is -2.24. The van der Waals surface area contributed by atoms with E-state index in [9.17, 15) is 13.2 Å². The third-order valence-corrected chi connectivity index (χ3v) is 7.14. The van der Waals surface area contributed by atoms with Crippen molar-refractivity contribution in [1.29, 1.82) is 0 Å². The lowest BCUT2D eigenvalue weighted by atomic mass is 10.2. The Morgan fingerprint density at radius 3 is 2.14 bits per heavy atom. The van der Waals surface area contributed by atoms with Crippen LogP contribution in [0.15, 0.2) is 71.6 Å². The highest BCUT2D eigenvalue weighted by atomic mass is 32.2. The SMILES string of the molecule is CCOc1ccc(CNC(=O)CN(c2ccc(C)cc2)S(=O)(=O)c2ccc(OC)cc2)cc1OCC. The van der Waals surface area contributed by atoms with Gasteiger partial charge in [0.25, 0.3) is 10.0 Å². The first-order chi connectivity index (χ1) is 17.3. The van der Waals surface area contributed by atoms with Gasteiger partial charge in [0.1, 0.15) is 12.3 Å². The highest BCUT2D eigenvalue weighted by Gasteiger charge is 2.27. The Kier molecular flexibility index (Phi) is 9.19. The van der Waals surface area contributed by atoms with E-state index in [4.69, 9.17) is 14.2 Å². The Morgan fingerprint density at radius 1 is 0.889 bits per heavy atom. The molecule has 9 heteroatoms. The molecule has 3 rings (SSSR count). The van der Waals surface area contributed by atoms with Crippen molar-refractivity contribution in [3.8, 4) is 17.2 Å². The molecule has 36 heavy (non-hydrogen) atoms. The van der Waals surface area contributed by atoms with Gasteiger partial charge in [-0.05, 0) is 74.9 Å². The van der Waals surface area contributed by atoms with Crippen LogP contribution in [-0.4, -0.2) is 41.2 Å². The molecule has 0 aliphatic carbocycles. The maximum absolute atomic E-state index is 13.5. The number of nitrogens with one attached hydrogen (secondary N) is 1. The zero-order valence-corrected chi connectivity index (χ0v) is 21.8. The van der Waals surface area contributed by atoms with Crippen LogP contribution < -0.4 is 23.8 Å². The predicted molar refractivity (Wildman–Crippen MR) is 139 cm³/mol. The third kappa shape index (κ3) is 6.69. The highest BCUT2D eigenvalue weighted by Crippen LogP contribution is 2.29. The predicted octanol–water partition coefficient (Wildman–Crippen LogP) is 4.31. The van der Waals surface area contributed by atoms with Crippen LogP contribution in [0, 0.1) is 6.92 Å². The van der Waals surface area contributed by atoms with Gasteiger partial charge in [0.05, 0.1) is 30.9 Å². The Balaban J connectivity index is 1.81. The first-order valence-electron chi connectivity index (χ1n) is 11.7. The minimum Gasteiger partial charge on any atom is -0.497 e. The molecule has 0 aliphatic rings. The second kappa shape index (κ2) is 12.3. The monoisotopic (exact) mass is 512 g/mol. The van der Waals surface area contributed by atoms with Crippen LogP contribution >= 0.6 is 0 Å². The quantitative estimate of drug-likeness (QED) is 0.389. The van der Waals surface area contributed by atoms with E-state index in [0.717, 1.165) is 15.4 Å². The largest absolute Gasteiger partial charge is 0.497 e.